The van der Waals surface area contributed by atoms with Gasteiger partial charge in [-0.3, -0.25) is 23.9 Å². The largest absolute Gasteiger partial charge is 0.459 e. The molecule has 0 atom stereocenters. The summed E-state index contributed by atoms with van der Waals surface area (Å²) in [7, 11) is 0. The van der Waals surface area contributed by atoms with Crippen molar-refractivity contribution in [1.82, 2.24) is 14.5 Å². The summed E-state index contributed by atoms with van der Waals surface area (Å²) in [5.41, 5.74) is 0.890. The average molecular weight is 467 g/mol. The van der Waals surface area contributed by atoms with Gasteiger partial charge in [-0.15, -0.1) is 0 Å². The van der Waals surface area contributed by atoms with Crippen LogP contribution in [0.4, 0.5) is 5.69 Å². The molecule has 0 unspecified atom stereocenters. The van der Waals surface area contributed by atoms with Crippen molar-refractivity contribution in [1.29, 1.82) is 5.26 Å². The number of pyridine rings is 2. The lowest BCUT2D eigenvalue weighted by molar-refractivity contribution is 0.0714. The maximum atomic E-state index is 13.4. The van der Waals surface area contributed by atoms with Crippen LogP contribution >= 0.6 is 0 Å². The van der Waals surface area contributed by atoms with Crippen LogP contribution in [0.1, 0.15) is 26.5 Å². The van der Waals surface area contributed by atoms with Gasteiger partial charge in [0.25, 0.3) is 11.5 Å². The van der Waals surface area contributed by atoms with E-state index >= 15 is 0 Å². The van der Waals surface area contributed by atoms with Crippen molar-refractivity contribution in [2.75, 3.05) is 31.1 Å². The normalized spacial score (nSPS) is 13.6. The number of amides is 1. The van der Waals surface area contributed by atoms with Crippen molar-refractivity contribution in [3.63, 3.8) is 0 Å². The first-order valence-electron chi connectivity index (χ1n) is 11.1. The molecule has 0 radical (unpaired) electrons. The lowest BCUT2D eigenvalue weighted by atomic mass is 10.1. The maximum Gasteiger partial charge on any atom is 0.289 e. The van der Waals surface area contributed by atoms with Gasteiger partial charge < -0.3 is 14.2 Å². The predicted molar refractivity (Wildman–Crippen MR) is 128 cm³/mol. The van der Waals surface area contributed by atoms with E-state index in [1.54, 1.807) is 53.6 Å². The Morgan fingerprint density at radius 1 is 1.03 bits per heavy atom. The Bertz CT molecular complexity index is 1490. The molecule has 5 rings (SSSR count). The van der Waals surface area contributed by atoms with Gasteiger partial charge in [0.2, 0.25) is 0 Å². The number of Topliss-reactive ketones (excluding diaryl/α,β-unsaturated/α-hetero) is 1. The molecule has 4 aromatic rings. The highest BCUT2D eigenvalue weighted by Gasteiger charge is 2.28. The fourth-order valence-corrected chi connectivity index (χ4v) is 4.42. The molecule has 1 fully saturated rings. The molecule has 0 saturated carbocycles. The fourth-order valence-electron chi connectivity index (χ4n) is 4.42. The van der Waals surface area contributed by atoms with Crippen LogP contribution < -0.4 is 10.5 Å². The number of aromatic nitrogens is 2. The molecule has 0 spiro atoms. The van der Waals surface area contributed by atoms with E-state index in [4.69, 9.17) is 4.42 Å². The van der Waals surface area contributed by atoms with Crippen molar-refractivity contribution in [2.24, 2.45) is 0 Å². The smallest absolute Gasteiger partial charge is 0.289 e. The van der Waals surface area contributed by atoms with Gasteiger partial charge in [0.05, 0.1) is 30.2 Å². The van der Waals surface area contributed by atoms with Gasteiger partial charge in [0.15, 0.2) is 11.5 Å². The monoisotopic (exact) mass is 467 g/mol. The van der Waals surface area contributed by atoms with E-state index in [1.165, 1.54) is 17.0 Å². The molecule has 1 saturated heterocycles. The summed E-state index contributed by atoms with van der Waals surface area (Å²) in [5, 5.41) is 10.6. The van der Waals surface area contributed by atoms with Gasteiger partial charge in [-0.1, -0.05) is 30.3 Å². The molecule has 3 aromatic heterocycles. The van der Waals surface area contributed by atoms with Crippen molar-refractivity contribution in [3.05, 3.63) is 94.4 Å². The summed E-state index contributed by atoms with van der Waals surface area (Å²) < 4.78 is 6.54. The summed E-state index contributed by atoms with van der Waals surface area (Å²) in [6.45, 7) is 1.49. The number of rotatable bonds is 5. The molecule has 1 amide bonds. The van der Waals surface area contributed by atoms with E-state index in [0.717, 1.165) is 0 Å². The highest BCUT2D eigenvalue weighted by molar-refractivity contribution is 5.99. The molecule has 0 bridgehead atoms. The van der Waals surface area contributed by atoms with Crippen LogP contribution in [0.5, 0.6) is 0 Å². The third-order valence-electron chi connectivity index (χ3n) is 6.17. The summed E-state index contributed by atoms with van der Waals surface area (Å²) in [6, 6.07) is 15.8. The van der Waals surface area contributed by atoms with Gasteiger partial charge in [-0.25, -0.2) is 0 Å². The van der Waals surface area contributed by atoms with Gasteiger partial charge in [-0.2, -0.15) is 5.26 Å². The molecular formula is C26H21N5O4. The lowest BCUT2D eigenvalue weighted by Crippen LogP contribution is -2.49. The summed E-state index contributed by atoms with van der Waals surface area (Å²) in [6.07, 6.45) is 4.59. The molecule has 1 aliphatic rings. The van der Waals surface area contributed by atoms with E-state index in [2.05, 4.69) is 11.1 Å². The number of hydrogen-bond donors (Lipinski definition) is 0. The van der Waals surface area contributed by atoms with Crippen LogP contribution in [-0.2, 0) is 6.54 Å². The molecule has 9 nitrogen and oxygen atoms in total. The third kappa shape index (κ3) is 4.06. The number of benzene rings is 1. The number of fused-ring (bicyclic) bond motifs is 1. The second-order valence-corrected chi connectivity index (χ2v) is 8.17. The second kappa shape index (κ2) is 9.27. The first kappa shape index (κ1) is 22.1. The van der Waals surface area contributed by atoms with Gasteiger partial charge in [-0.05, 0) is 18.2 Å². The number of anilines is 1. The first-order valence-corrected chi connectivity index (χ1v) is 11.1. The van der Waals surface area contributed by atoms with E-state index < -0.39 is 5.56 Å². The van der Waals surface area contributed by atoms with Crippen molar-refractivity contribution < 1.29 is 14.0 Å². The Labute approximate surface area is 200 Å². The number of nitrogens with zero attached hydrogens (tertiary/aromatic N) is 5. The van der Waals surface area contributed by atoms with Crippen LogP contribution in [0.3, 0.4) is 0 Å². The summed E-state index contributed by atoms with van der Waals surface area (Å²) in [4.78, 5) is 46.7. The van der Waals surface area contributed by atoms with Crippen LogP contribution in [0.2, 0.25) is 0 Å². The molecule has 4 heterocycles. The fraction of sp³-hybridized carbons (Fsp3) is 0.192. The van der Waals surface area contributed by atoms with Crippen molar-refractivity contribution >= 4 is 28.3 Å². The maximum absolute atomic E-state index is 13.4. The van der Waals surface area contributed by atoms with Gasteiger partial charge in [0, 0.05) is 43.3 Å². The molecule has 0 N–H and O–H groups in total. The zero-order valence-electron chi connectivity index (χ0n) is 18.8. The lowest BCUT2D eigenvalue weighted by Gasteiger charge is -2.36. The minimum absolute atomic E-state index is 0.0321. The molecule has 174 valence electrons. The Kier molecular flexibility index (Phi) is 5.85. The number of piperazine rings is 1. The van der Waals surface area contributed by atoms with E-state index in [-0.39, 0.29) is 29.6 Å². The standard InChI is InChI=1S/C26H21N5O4/c27-15-20-24(29-10-12-30(13-11-29)26(34)23-7-4-14-35-23)19-8-9-28-16-21(19)31(25(20)33)17-22(32)18-5-2-1-3-6-18/h1-9,14,16H,10-13,17H2. The quantitative estimate of drug-likeness (QED) is 0.415. The second-order valence-electron chi connectivity index (χ2n) is 8.17. The Balaban J connectivity index is 1.50. The van der Waals surface area contributed by atoms with Crippen LogP contribution in [0, 0.1) is 11.3 Å². The van der Waals surface area contributed by atoms with E-state index in [9.17, 15) is 19.6 Å². The average Bonchev–Trinajstić information content (AvgIpc) is 3.45. The molecule has 0 aliphatic carbocycles. The number of nitriles is 1. The number of carbonyl (C=O) groups is 2. The Morgan fingerprint density at radius 2 is 1.80 bits per heavy atom. The van der Waals surface area contributed by atoms with Crippen LogP contribution in [-0.4, -0.2) is 52.3 Å². The Morgan fingerprint density at radius 3 is 2.49 bits per heavy atom. The molecular weight excluding hydrogens is 446 g/mol. The van der Waals surface area contributed by atoms with E-state index in [0.29, 0.717) is 48.3 Å². The van der Waals surface area contributed by atoms with Crippen LogP contribution in [0.25, 0.3) is 10.9 Å². The van der Waals surface area contributed by atoms with Crippen molar-refractivity contribution in [3.8, 4) is 6.07 Å². The number of hydrogen-bond acceptors (Lipinski definition) is 7. The third-order valence-corrected chi connectivity index (χ3v) is 6.17. The molecule has 35 heavy (non-hydrogen) atoms. The number of carbonyl (C=O) groups excluding carboxylic acids is 2. The molecule has 1 aromatic carbocycles. The molecule has 1 aliphatic heterocycles. The zero-order chi connectivity index (χ0) is 24.4. The first-order chi connectivity index (χ1) is 17.1. The minimum atomic E-state index is -0.540. The van der Waals surface area contributed by atoms with Crippen LogP contribution in [0.15, 0.2) is 76.4 Å². The topological polar surface area (TPSA) is 112 Å². The minimum Gasteiger partial charge on any atom is -0.459 e. The van der Waals surface area contributed by atoms with Crippen molar-refractivity contribution in [2.45, 2.75) is 6.54 Å². The highest BCUT2D eigenvalue weighted by atomic mass is 16.3. The number of ketones is 1. The number of furan rings is 1. The summed E-state index contributed by atoms with van der Waals surface area (Å²) >= 11 is 0. The molecule has 9 heteroatoms. The van der Waals surface area contributed by atoms with Gasteiger partial charge in [0.1, 0.15) is 11.6 Å². The van der Waals surface area contributed by atoms with E-state index in [1.807, 2.05) is 11.0 Å². The summed E-state index contributed by atoms with van der Waals surface area (Å²) in [5.74, 6) is -0.156. The predicted octanol–water partition coefficient (Wildman–Crippen LogP) is 2.71. The Hall–Kier alpha value is -4.71. The highest BCUT2D eigenvalue weighted by Crippen LogP contribution is 2.29. The van der Waals surface area contributed by atoms with Gasteiger partial charge >= 0.3 is 0 Å². The zero-order valence-corrected chi connectivity index (χ0v) is 18.8. The SMILES string of the molecule is N#Cc1c(N2CCN(C(=O)c3ccco3)CC2)c2ccncc2n(CC(=O)c2ccccc2)c1=O.